The van der Waals surface area contributed by atoms with Crippen LogP contribution >= 0.6 is 0 Å². The summed E-state index contributed by atoms with van der Waals surface area (Å²) in [4.78, 5) is 28.2. The lowest BCUT2D eigenvalue weighted by Gasteiger charge is -2.32. The van der Waals surface area contributed by atoms with Gasteiger partial charge in [0, 0.05) is 25.2 Å². The molecule has 0 amide bonds. The van der Waals surface area contributed by atoms with Crippen molar-refractivity contribution in [2.75, 3.05) is 46.4 Å². The van der Waals surface area contributed by atoms with E-state index < -0.39 is 5.97 Å². The Labute approximate surface area is 192 Å². The first-order valence-electron chi connectivity index (χ1n) is 11.0. The van der Waals surface area contributed by atoms with E-state index in [2.05, 4.69) is 4.90 Å². The number of aliphatic hydroxyl groups is 1. The van der Waals surface area contributed by atoms with Crippen LogP contribution in [0.2, 0.25) is 0 Å². The van der Waals surface area contributed by atoms with Crippen LogP contribution in [0.1, 0.15) is 37.4 Å². The number of fused-ring (bicyclic) bond motifs is 1. The topological polar surface area (TPSA) is 104 Å². The number of quaternary nitrogens is 1. The van der Waals surface area contributed by atoms with Gasteiger partial charge < -0.3 is 24.6 Å². The second kappa shape index (κ2) is 9.74. The average Bonchev–Trinajstić information content (AvgIpc) is 3.14. The van der Waals surface area contributed by atoms with Crippen LogP contribution in [0.5, 0.6) is 11.5 Å². The smallest absolute Gasteiger partial charge is 0.337 e. The quantitative estimate of drug-likeness (QED) is 0.476. The number of carbonyl (C=O) groups excluding carboxylic acids is 2. The van der Waals surface area contributed by atoms with Gasteiger partial charge in [0.05, 0.1) is 37.9 Å². The van der Waals surface area contributed by atoms with Crippen LogP contribution in [0.25, 0.3) is 6.08 Å². The number of nitrogens with one attached hydrogen (secondary N) is 1. The Morgan fingerprint density at radius 1 is 1.27 bits per heavy atom. The molecular weight excluding hydrogens is 424 g/mol. The Bertz CT molecular complexity index is 1090. The van der Waals surface area contributed by atoms with E-state index in [1.54, 1.807) is 37.3 Å². The van der Waals surface area contributed by atoms with E-state index in [4.69, 9.17) is 14.6 Å². The molecule has 0 saturated carbocycles. The van der Waals surface area contributed by atoms with Gasteiger partial charge in [-0.15, -0.1) is 0 Å². The number of aliphatic hydroxyl groups excluding tert-OH is 1. The van der Waals surface area contributed by atoms with Crippen LogP contribution in [0.4, 0.5) is 0 Å². The number of esters is 1. The van der Waals surface area contributed by atoms with Crippen molar-refractivity contribution in [3.63, 3.8) is 0 Å². The molecule has 2 heterocycles. The molecule has 0 spiro atoms. The van der Waals surface area contributed by atoms with Crippen molar-refractivity contribution in [3.05, 3.63) is 63.9 Å². The molecule has 0 bridgehead atoms. The Kier molecular flexibility index (Phi) is 6.78. The monoisotopic (exact) mass is 452 g/mol. The molecule has 2 aromatic rings. The summed E-state index contributed by atoms with van der Waals surface area (Å²) in [6, 6.07) is 8.18. The molecule has 2 aliphatic heterocycles. The molecule has 1 fully saturated rings. The van der Waals surface area contributed by atoms with E-state index in [-0.39, 0.29) is 23.9 Å². The zero-order chi connectivity index (χ0) is 23.5. The van der Waals surface area contributed by atoms with Crippen LogP contribution in [0.3, 0.4) is 0 Å². The van der Waals surface area contributed by atoms with Gasteiger partial charge in [-0.25, -0.2) is 4.79 Å². The van der Waals surface area contributed by atoms with Crippen LogP contribution in [0, 0.1) is 6.92 Å². The summed E-state index contributed by atoms with van der Waals surface area (Å²) in [7, 11) is 1.32. The zero-order valence-electron chi connectivity index (χ0n) is 18.8. The molecule has 2 N–H and O–H groups in total. The van der Waals surface area contributed by atoms with Gasteiger partial charge >= 0.3 is 5.97 Å². The van der Waals surface area contributed by atoms with Gasteiger partial charge in [0.1, 0.15) is 12.3 Å². The van der Waals surface area contributed by atoms with Crippen molar-refractivity contribution in [3.8, 4) is 11.5 Å². The Hall–Kier alpha value is -3.20. The number of β-amino-alcohol motifs (C(OH)–C–C–N with tert-alkyl or cyclic N) is 1. The summed E-state index contributed by atoms with van der Waals surface area (Å²) in [5.74, 6) is -0.268. The maximum Gasteiger partial charge on any atom is 0.337 e. The maximum atomic E-state index is 13.1. The van der Waals surface area contributed by atoms with E-state index >= 15 is 0 Å². The van der Waals surface area contributed by atoms with E-state index in [0.717, 1.165) is 26.2 Å². The number of hydrogen-bond acceptors (Lipinski definition) is 7. The first kappa shape index (κ1) is 23.0. The Morgan fingerprint density at radius 3 is 2.61 bits per heavy atom. The Balaban J connectivity index is 1.57. The van der Waals surface area contributed by atoms with E-state index in [1.165, 1.54) is 18.1 Å². The number of aryl methyl sites for hydroxylation is 1. The van der Waals surface area contributed by atoms with Crippen LogP contribution in [-0.4, -0.2) is 68.2 Å². The fourth-order valence-corrected chi connectivity index (χ4v) is 4.38. The summed E-state index contributed by atoms with van der Waals surface area (Å²) < 4.78 is 10.7. The van der Waals surface area contributed by atoms with Gasteiger partial charge in [0.15, 0.2) is 5.76 Å². The first-order chi connectivity index (χ1) is 15.9. The molecule has 0 aliphatic carbocycles. The third-order valence-corrected chi connectivity index (χ3v) is 6.24. The number of allylic oxidation sites excluding steroid dienone is 1. The minimum Gasteiger partial charge on any atom is -0.872 e. The minimum atomic E-state index is -0.433. The van der Waals surface area contributed by atoms with Gasteiger partial charge in [-0.1, -0.05) is 23.9 Å². The van der Waals surface area contributed by atoms with Gasteiger partial charge in [-0.3, -0.25) is 9.69 Å². The lowest BCUT2D eigenvalue weighted by atomic mass is 9.99. The Morgan fingerprint density at radius 2 is 1.97 bits per heavy atom. The van der Waals surface area contributed by atoms with Crippen LogP contribution in [0.15, 0.2) is 36.1 Å². The molecular formula is C25H28N2O6. The maximum absolute atomic E-state index is 13.1. The number of rotatable bonds is 6. The number of ketones is 1. The normalized spacial score (nSPS) is 17.8. The van der Waals surface area contributed by atoms with E-state index in [0.29, 0.717) is 46.7 Å². The van der Waals surface area contributed by atoms with E-state index in [9.17, 15) is 14.7 Å². The highest BCUT2D eigenvalue weighted by atomic mass is 16.5. The van der Waals surface area contributed by atoms with Crippen LogP contribution < -0.4 is 14.7 Å². The summed E-state index contributed by atoms with van der Waals surface area (Å²) in [5, 5.41) is 22.0. The molecule has 33 heavy (non-hydrogen) atoms. The molecule has 8 heteroatoms. The predicted molar refractivity (Wildman–Crippen MR) is 119 cm³/mol. The average molecular weight is 453 g/mol. The third kappa shape index (κ3) is 4.78. The molecule has 1 saturated heterocycles. The number of piperazine rings is 1. The molecule has 0 unspecified atom stereocenters. The zero-order valence-corrected chi connectivity index (χ0v) is 18.8. The third-order valence-electron chi connectivity index (χ3n) is 6.24. The second-order valence-corrected chi connectivity index (χ2v) is 8.42. The number of benzene rings is 2. The first-order valence-corrected chi connectivity index (χ1v) is 11.0. The summed E-state index contributed by atoms with van der Waals surface area (Å²) in [6.45, 7) is 6.45. The highest BCUT2D eigenvalue weighted by Gasteiger charge is 2.33. The lowest BCUT2D eigenvalue weighted by Crippen LogP contribution is -3.13. The summed E-state index contributed by atoms with van der Waals surface area (Å²) in [5.41, 5.74) is 2.69. The molecule has 174 valence electrons. The fourth-order valence-electron chi connectivity index (χ4n) is 4.38. The van der Waals surface area contributed by atoms with Gasteiger partial charge in [-0.2, -0.15) is 0 Å². The predicted octanol–water partition coefficient (Wildman–Crippen LogP) is 0.164. The lowest BCUT2D eigenvalue weighted by molar-refractivity contribution is -0.918. The van der Waals surface area contributed by atoms with Crippen molar-refractivity contribution in [2.24, 2.45) is 0 Å². The molecule has 0 radical (unpaired) electrons. The second-order valence-electron chi connectivity index (χ2n) is 8.42. The summed E-state index contributed by atoms with van der Waals surface area (Å²) >= 11 is 0. The van der Waals surface area contributed by atoms with Gasteiger partial charge in [0.2, 0.25) is 5.78 Å². The number of ether oxygens (including phenoxy) is 2. The standard InChI is InChI=1S/C25H28N2O6/c1-16-13-20(29)19(15-27-9-7-26(8-10-27)11-12-28)24-22(16)23(30)21(33-24)14-17-3-5-18(6-4-17)25(31)32-2/h3-6,13-14,28-29H,7-12,15H2,1-2H3/b21-14-. The number of carbonyl (C=O) groups is 2. The highest BCUT2D eigenvalue weighted by Crippen LogP contribution is 2.40. The number of Topliss-reactive ketones (excluding diaryl/α,β-unsaturated/α-hetero) is 1. The number of hydrogen-bond donors (Lipinski definition) is 2. The highest BCUT2D eigenvalue weighted by molar-refractivity contribution is 6.15. The minimum absolute atomic E-state index is 0.118. The molecule has 2 aliphatic rings. The fraction of sp³-hybridized carbons (Fsp3) is 0.360. The van der Waals surface area contributed by atoms with Gasteiger partial charge in [-0.05, 0) is 36.3 Å². The van der Waals surface area contributed by atoms with Crippen LogP contribution in [-0.2, 0) is 11.3 Å². The summed E-state index contributed by atoms with van der Waals surface area (Å²) in [6.07, 6.45) is 1.62. The van der Waals surface area contributed by atoms with Crippen molar-refractivity contribution >= 4 is 17.8 Å². The SMILES string of the molecule is COC(=O)c1ccc(/C=C2\Oc3c(C[NH+]4CCN(CCO)CC4)c([O-])cc(C)c3C2=O)cc1. The molecule has 0 aromatic heterocycles. The number of methoxy groups -OCH3 is 1. The number of nitrogens with zero attached hydrogens (tertiary/aromatic N) is 1. The molecule has 0 atom stereocenters. The van der Waals surface area contributed by atoms with Crippen molar-refractivity contribution < 1.29 is 34.2 Å². The van der Waals surface area contributed by atoms with Gasteiger partial charge in [0.25, 0.3) is 0 Å². The van der Waals surface area contributed by atoms with E-state index in [1.807, 2.05) is 0 Å². The molecule has 2 aromatic carbocycles. The largest absolute Gasteiger partial charge is 0.872 e. The van der Waals surface area contributed by atoms with Crippen molar-refractivity contribution in [1.29, 1.82) is 0 Å². The van der Waals surface area contributed by atoms with Crippen molar-refractivity contribution in [2.45, 2.75) is 13.5 Å². The van der Waals surface area contributed by atoms with Crippen molar-refractivity contribution in [1.82, 2.24) is 4.90 Å². The molecule has 4 rings (SSSR count). The molecule has 8 nitrogen and oxygen atoms in total.